The summed E-state index contributed by atoms with van der Waals surface area (Å²) >= 11 is 0. The van der Waals surface area contributed by atoms with Gasteiger partial charge in [0.2, 0.25) is 0 Å². The fourth-order valence-corrected chi connectivity index (χ4v) is 2.58. The number of benzene rings is 2. The van der Waals surface area contributed by atoms with Crippen LogP contribution < -0.4 is 14.9 Å². The number of nitrogens with one attached hydrogen (secondary N) is 1. The van der Waals surface area contributed by atoms with Crippen molar-refractivity contribution in [3.8, 4) is 11.5 Å². The standard InChI is InChI=1S/C22H28N2O4/c1-4-17(2)19-11-6-8-13-21(19)28-15-9-14-27-20-12-7-5-10-18(20)16-23-24-22(25)26-3/h5-8,10-13,16-17H,4,9,14-15H2,1-3H3,(H,24,25)/b23-16+. The van der Waals surface area contributed by atoms with Gasteiger partial charge in [0.05, 0.1) is 26.5 Å². The molecule has 150 valence electrons. The quantitative estimate of drug-likeness (QED) is 0.365. The Balaban J connectivity index is 1.82. The molecular formula is C22H28N2O4. The lowest BCUT2D eigenvalue weighted by Gasteiger charge is -2.16. The van der Waals surface area contributed by atoms with Crippen molar-refractivity contribution in [2.24, 2.45) is 5.10 Å². The number of carbonyl (C=O) groups excluding carboxylic acids is 1. The van der Waals surface area contributed by atoms with E-state index < -0.39 is 6.09 Å². The predicted octanol–water partition coefficient (Wildman–Crippen LogP) is 4.74. The van der Waals surface area contributed by atoms with E-state index in [1.54, 1.807) is 0 Å². The maximum absolute atomic E-state index is 11.0. The maximum atomic E-state index is 11.0. The largest absolute Gasteiger partial charge is 0.493 e. The fourth-order valence-electron chi connectivity index (χ4n) is 2.58. The average molecular weight is 384 g/mol. The summed E-state index contributed by atoms with van der Waals surface area (Å²) in [6, 6.07) is 15.7. The highest BCUT2D eigenvalue weighted by Gasteiger charge is 2.09. The van der Waals surface area contributed by atoms with Crippen molar-refractivity contribution in [1.82, 2.24) is 5.43 Å². The summed E-state index contributed by atoms with van der Waals surface area (Å²) < 4.78 is 16.3. The summed E-state index contributed by atoms with van der Waals surface area (Å²) in [6.45, 7) is 5.48. The van der Waals surface area contributed by atoms with E-state index in [1.165, 1.54) is 18.9 Å². The molecule has 6 nitrogen and oxygen atoms in total. The van der Waals surface area contributed by atoms with Gasteiger partial charge in [0, 0.05) is 12.0 Å². The number of hydrazone groups is 1. The van der Waals surface area contributed by atoms with Gasteiger partial charge in [-0.2, -0.15) is 5.10 Å². The van der Waals surface area contributed by atoms with Gasteiger partial charge in [-0.3, -0.25) is 0 Å². The molecule has 1 atom stereocenters. The zero-order valence-electron chi connectivity index (χ0n) is 16.7. The Hall–Kier alpha value is -3.02. The van der Waals surface area contributed by atoms with Crippen LogP contribution in [0, 0.1) is 0 Å². The zero-order chi connectivity index (χ0) is 20.2. The normalized spacial score (nSPS) is 11.8. The minimum Gasteiger partial charge on any atom is -0.493 e. The minimum absolute atomic E-state index is 0.470. The molecule has 1 unspecified atom stereocenters. The van der Waals surface area contributed by atoms with Crippen LogP contribution in [0.3, 0.4) is 0 Å². The first-order chi connectivity index (χ1) is 13.7. The third-order valence-electron chi connectivity index (χ3n) is 4.33. The van der Waals surface area contributed by atoms with Gasteiger partial charge in [0.1, 0.15) is 11.5 Å². The maximum Gasteiger partial charge on any atom is 0.427 e. The highest BCUT2D eigenvalue weighted by atomic mass is 16.5. The summed E-state index contributed by atoms with van der Waals surface area (Å²) in [6.07, 6.45) is 2.72. The molecule has 0 aliphatic carbocycles. The SMILES string of the molecule is CCC(C)c1ccccc1OCCCOc1ccccc1/C=N/NC(=O)OC. The third kappa shape index (κ3) is 6.61. The number of amides is 1. The smallest absolute Gasteiger partial charge is 0.427 e. The molecule has 6 heteroatoms. The second-order valence-corrected chi connectivity index (χ2v) is 6.30. The van der Waals surface area contributed by atoms with E-state index in [0.29, 0.717) is 24.9 Å². The first-order valence-electron chi connectivity index (χ1n) is 9.46. The number of hydrogen-bond acceptors (Lipinski definition) is 5. The molecule has 28 heavy (non-hydrogen) atoms. The topological polar surface area (TPSA) is 69.2 Å². The lowest BCUT2D eigenvalue weighted by molar-refractivity contribution is 0.171. The van der Waals surface area contributed by atoms with Crippen LogP contribution in [0.2, 0.25) is 0 Å². The van der Waals surface area contributed by atoms with Crippen molar-refractivity contribution in [3.63, 3.8) is 0 Å². The molecular weight excluding hydrogens is 356 g/mol. The van der Waals surface area contributed by atoms with E-state index in [2.05, 4.69) is 35.2 Å². The van der Waals surface area contributed by atoms with E-state index in [4.69, 9.17) is 9.47 Å². The molecule has 0 aromatic heterocycles. The molecule has 2 rings (SSSR count). The molecule has 0 heterocycles. The molecule has 0 aliphatic rings. The van der Waals surface area contributed by atoms with Gasteiger partial charge in [0.15, 0.2) is 0 Å². The van der Waals surface area contributed by atoms with Crippen LogP contribution in [0.25, 0.3) is 0 Å². The summed E-state index contributed by atoms with van der Waals surface area (Å²) in [7, 11) is 1.28. The van der Waals surface area contributed by atoms with Gasteiger partial charge in [0.25, 0.3) is 0 Å². The van der Waals surface area contributed by atoms with Crippen molar-refractivity contribution in [2.75, 3.05) is 20.3 Å². The van der Waals surface area contributed by atoms with Crippen molar-refractivity contribution in [1.29, 1.82) is 0 Å². The molecule has 0 bridgehead atoms. The van der Waals surface area contributed by atoms with Crippen LogP contribution >= 0.6 is 0 Å². The first-order valence-corrected chi connectivity index (χ1v) is 9.46. The Morgan fingerprint density at radius 2 is 1.71 bits per heavy atom. The van der Waals surface area contributed by atoms with Crippen LogP contribution in [0.5, 0.6) is 11.5 Å². The second-order valence-electron chi connectivity index (χ2n) is 6.30. The van der Waals surface area contributed by atoms with Gasteiger partial charge in [-0.1, -0.05) is 44.2 Å². The molecule has 0 radical (unpaired) electrons. The molecule has 1 amide bonds. The fraction of sp³-hybridized carbons (Fsp3) is 0.364. The van der Waals surface area contributed by atoms with Gasteiger partial charge in [-0.25, -0.2) is 10.2 Å². The monoisotopic (exact) mass is 384 g/mol. The molecule has 2 aromatic carbocycles. The number of methoxy groups -OCH3 is 1. The van der Waals surface area contributed by atoms with E-state index in [1.807, 2.05) is 42.5 Å². The number of hydrogen-bond donors (Lipinski definition) is 1. The third-order valence-corrected chi connectivity index (χ3v) is 4.33. The number of para-hydroxylation sites is 2. The Labute approximate surface area is 166 Å². The first kappa shape index (κ1) is 21.3. The number of rotatable bonds is 10. The Morgan fingerprint density at radius 1 is 1.07 bits per heavy atom. The Morgan fingerprint density at radius 3 is 2.43 bits per heavy atom. The van der Waals surface area contributed by atoms with Crippen LogP contribution in [0.4, 0.5) is 4.79 Å². The van der Waals surface area contributed by atoms with E-state index in [-0.39, 0.29) is 0 Å². The van der Waals surface area contributed by atoms with E-state index in [9.17, 15) is 4.79 Å². The van der Waals surface area contributed by atoms with Crippen molar-refractivity contribution >= 4 is 12.3 Å². The minimum atomic E-state index is -0.621. The van der Waals surface area contributed by atoms with Crippen molar-refractivity contribution in [3.05, 3.63) is 59.7 Å². The highest BCUT2D eigenvalue weighted by Crippen LogP contribution is 2.28. The molecule has 0 aliphatic heterocycles. The predicted molar refractivity (Wildman–Crippen MR) is 110 cm³/mol. The lowest BCUT2D eigenvalue weighted by Crippen LogP contribution is -2.16. The summed E-state index contributed by atoms with van der Waals surface area (Å²) in [5.41, 5.74) is 4.26. The van der Waals surface area contributed by atoms with Crippen molar-refractivity contribution in [2.45, 2.75) is 32.6 Å². The van der Waals surface area contributed by atoms with Gasteiger partial charge >= 0.3 is 6.09 Å². The van der Waals surface area contributed by atoms with Crippen LogP contribution in [-0.2, 0) is 4.74 Å². The molecule has 0 saturated heterocycles. The van der Waals surface area contributed by atoms with E-state index >= 15 is 0 Å². The van der Waals surface area contributed by atoms with Gasteiger partial charge in [-0.05, 0) is 36.1 Å². The molecule has 0 spiro atoms. The Kier molecular flexibility index (Phi) is 8.85. The van der Waals surface area contributed by atoms with E-state index in [0.717, 1.165) is 24.2 Å². The summed E-state index contributed by atoms with van der Waals surface area (Å²) in [4.78, 5) is 11.0. The summed E-state index contributed by atoms with van der Waals surface area (Å²) in [5, 5.41) is 3.84. The average Bonchev–Trinajstić information content (AvgIpc) is 2.74. The van der Waals surface area contributed by atoms with Gasteiger partial charge in [-0.15, -0.1) is 0 Å². The molecule has 0 fully saturated rings. The van der Waals surface area contributed by atoms with Crippen LogP contribution in [0.1, 0.15) is 43.7 Å². The molecule has 0 saturated carbocycles. The molecule has 2 aromatic rings. The number of nitrogens with zero attached hydrogens (tertiary/aromatic N) is 1. The highest BCUT2D eigenvalue weighted by molar-refractivity contribution is 5.84. The zero-order valence-corrected chi connectivity index (χ0v) is 16.7. The Bertz CT molecular complexity index is 777. The second kappa shape index (κ2) is 11.6. The van der Waals surface area contributed by atoms with Gasteiger partial charge < -0.3 is 14.2 Å². The number of ether oxygens (including phenoxy) is 3. The van der Waals surface area contributed by atoms with Crippen molar-refractivity contribution < 1.29 is 19.0 Å². The number of carbonyl (C=O) groups is 1. The van der Waals surface area contributed by atoms with Crippen LogP contribution in [0.15, 0.2) is 53.6 Å². The lowest BCUT2D eigenvalue weighted by atomic mass is 9.98. The molecule has 1 N–H and O–H groups in total. The van der Waals surface area contributed by atoms with Crippen LogP contribution in [-0.4, -0.2) is 32.6 Å². The summed E-state index contributed by atoms with van der Waals surface area (Å²) in [5.74, 6) is 2.11.